The van der Waals surface area contributed by atoms with Crippen molar-refractivity contribution < 1.29 is 17.9 Å². The van der Waals surface area contributed by atoms with Crippen LogP contribution in [0.25, 0.3) is 0 Å². The third-order valence-corrected chi connectivity index (χ3v) is 5.80. The maximum atomic E-state index is 12.8. The summed E-state index contributed by atoms with van der Waals surface area (Å²) in [5.41, 5.74) is 1.45. The minimum absolute atomic E-state index is 0.300. The molecular formula is C18H20Cl2N2O4S. The first kappa shape index (κ1) is 21.3. The Hall–Kier alpha value is -1.96. The zero-order valence-electron chi connectivity index (χ0n) is 15.3. The van der Waals surface area contributed by atoms with Gasteiger partial charge in [0.15, 0.2) is 0 Å². The highest BCUT2D eigenvalue weighted by atomic mass is 35.5. The van der Waals surface area contributed by atoms with Crippen molar-refractivity contribution in [2.24, 2.45) is 0 Å². The molecule has 1 atom stereocenters. The van der Waals surface area contributed by atoms with Crippen LogP contribution < -0.4 is 14.4 Å². The fraction of sp³-hybridized carbons (Fsp3) is 0.278. The van der Waals surface area contributed by atoms with E-state index in [2.05, 4.69) is 5.32 Å². The number of amides is 1. The molecule has 27 heavy (non-hydrogen) atoms. The van der Waals surface area contributed by atoms with Crippen molar-refractivity contribution in [2.75, 3.05) is 23.0 Å². The molecule has 1 N–H and O–H groups in total. The number of ether oxygens (including phenoxy) is 1. The van der Waals surface area contributed by atoms with Gasteiger partial charge in [0.05, 0.1) is 24.7 Å². The number of sulfonamides is 1. The van der Waals surface area contributed by atoms with E-state index >= 15 is 0 Å². The summed E-state index contributed by atoms with van der Waals surface area (Å²) in [5, 5.41) is 3.48. The summed E-state index contributed by atoms with van der Waals surface area (Å²) in [6.45, 7) is 3.29. The number of methoxy groups -OCH3 is 1. The molecule has 2 aromatic rings. The fourth-order valence-electron chi connectivity index (χ4n) is 2.54. The molecule has 0 bridgehead atoms. The molecule has 0 aliphatic rings. The summed E-state index contributed by atoms with van der Waals surface area (Å²) in [6, 6.07) is 8.53. The van der Waals surface area contributed by atoms with Gasteiger partial charge in [-0.25, -0.2) is 8.42 Å². The van der Waals surface area contributed by atoms with Crippen LogP contribution in [0.4, 0.5) is 11.4 Å². The van der Waals surface area contributed by atoms with Crippen molar-refractivity contribution >= 4 is 50.5 Å². The predicted octanol–water partition coefficient (Wildman–Crippen LogP) is 4.10. The number of carbonyl (C=O) groups is 1. The number of anilines is 2. The average molecular weight is 431 g/mol. The molecule has 0 radical (unpaired) electrons. The van der Waals surface area contributed by atoms with Gasteiger partial charge < -0.3 is 10.1 Å². The van der Waals surface area contributed by atoms with Crippen LogP contribution >= 0.6 is 23.2 Å². The van der Waals surface area contributed by atoms with Gasteiger partial charge in [-0.3, -0.25) is 9.10 Å². The Morgan fingerprint density at radius 3 is 2.41 bits per heavy atom. The van der Waals surface area contributed by atoms with E-state index in [0.29, 0.717) is 27.2 Å². The first-order chi connectivity index (χ1) is 12.5. The molecule has 2 aromatic carbocycles. The van der Waals surface area contributed by atoms with Gasteiger partial charge >= 0.3 is 0 Å². The van der Waals surface area contributed by atoms with Crippen molar-refractivity contribution in [1.82, 2.24) is 0 Å². The van der Waals surface area contributed by atoms with E-state index in [-0.39, 0.29) is 0 Å². The third-order valence-electron chi connectivity index (χ3n) is 3.92. The molecule has 0 aliphatic carbocycles. The lowest BCUT2D eigenvalue weighted by Crippen LogP contribution is -2.45. The molecule has 0 heterocycles. The largest absolute Gasteiger partial charge is 0.495 e. The number of nitrogens with one attached hydrogen (secondary N) is 1. The normalized spacial score (nSPS) is 12.4. The molecule has 0 saturated heterocycles. The monoisotopic (exact) mass is 430 g/mol. The van der Waals surface area contributed by atoms with Crippen molar-refractivity contribution in [3.8, 4) is 5.75 Å². The molecule has 0 fully saturated rings. The van der Waals surface area contributed by atoms with Gasteiger partial charge in [0.1, 0.15) is 11.8 Å². The Kier molecular flexibility index (Phi) is 6.62. The Morgan fingerprint density at radius 2 is 1.85 bits per heavy atom. The topological polar surface area (TPSA) is 75.7 Å². The minimum atomic E-state index is -3.75. The minimum Gasteiger partial charge on any atom is -0.495 e. The fourth-order valence-corrected chi connectivity index (χ4v) is 4.06. The molecular weight excluding hydrogens is 411 g/mol. The van der Waals surface area contributed by atoms with Gasteiger partial charge in [0.2, 0.25) is 15.9 Å². The molecule has 9 heteroatoms. The van der Waals surface area contributed by atoms with Gasteiger partial charge in [-0.1, -0.05) is 29.3 Å². The summed E-state index contributed by atoms with van der Waals surface area (Å²) in [6.07, 6.45) is 1.03. The second kappa shape index (κ2) is 8.37. The summed E-state index contributed by atoms with van der Waals surface area (Å²) in [4.78, 5) is 12.8. The van der Waals surface area contributed by atoms with Crippen LogP contribution in [-0.2, 0) is 14.8 Å². The number of nitrogens with zero attached hydrogens (tertiary/aromatic N) is 1. The van der Waals surface area contributed by atoms with Crippen molar-refractivity contribution in [1.29, 1.82) is 0 Å². The zero-order chi connectivity index (χ0) is 20.4. The highest BCUT2D eigenvalue weighted by molar-refractivity contribution is 7.92. The molecule has 0 aromatic heterocycles. The van der Waals surface area contributed by atoms with E-state index < -0.39 is 22.0 Å². The quantitative estimate of drug-likeness (QED) is 0.747. The van der Waals surface area contributed by atoms with Crippen LogP contribution in [0.2, 0.25) is 10.0 Å². The van der Waals surface area contributed by atoms with Gasteiger partial charge in [-0.15, -0.1) is 0 Å². The van der Waals surface area contributed by atoms with Crippen LogP contribution in [0.3, 0.4) is 0 Å². The maximum absolute atomic E-state index is 12.8. The number of hydrogen-bond acceptors (Lipinski definition) is 4. The number of carbonyl (C=O) groups excluding carboxylic acids is 1. The average Bonchev–Trinajstić information content (AvgIpc) is 2.57. The van der Waals surface area contributed by atoms with E-state index in [1.54, 1.807) is 31.2 Å². The lowest BCUT2D eigenvalue weighted by molar-refractivity contribution is -0.116. The Morgan fingerprint density at radius 1 is 1.19 bits per heavy atom. The molecule has 2 rings (SSSR count). The summed E-state index contributed by atoms with van der Waals surface area (Å²) in [7, 11) is -2.29. The SMILES string of the molecule is COc1ccc(Cl)cc1NC(=O)C(C)N(c1ccc(C)c(Cl)c1)S(C)(=O)=O. The van der Waals surface area contributed by atoms with E-state index in [0.717, 1.165) is 16.1 Å². The Balaban J connectivity index is 2.38. The number of rotatable bonds is 6. The molecule has 0 saturated carbocycles. The van der Waals surface area contributed by atoms with Gasteiger partial charge in [-0.2, -0.15) is 0 Å². The predicted molar refractivity (Wildman–Crippen MR) is 110 cm³/mol. The number of halogens is 2. The van der Waals surface area contributed by atoms with Crippen LogP contribution in [-0.4, -0.2) is 33.7 Å². The van der Waals surface area contributed by atoms with Crippen molar-refractivity contribution in [2.45, 2.75) is 19.9 Å². The van der Waals surface area contributed by atoms with E-state index in [9.17, 15) is 13.2 Å². The lowest BCUT2D eigenvalue weighted by atomic mass is 10.2. The number of hydrogen-bond donors (Lipinski definition) is 1. The lowest BCUT2D eigenvalue weighted by Gasteiger charge is -2.28. The number of benzene rings is 2. The van der Waals surface area contributed by atoms with Crippen LogP contribution in [0.5, 0.6) is 5.75 Å². The second-order valence-corrected chi connectivity index (χ2v) is 8.71. The molecule has 6 nitrogen and oxygen atoms in total. The van der Waals surface area contributed by atoms with E-state index in [1.165, 1.54) is 26.2 Å². The first-order valence-corrected chi connectivity index (χ1v) is 10.5. The van der Waals surface area contributed by atoms with Gasteiger partial charge in [0, 0.05) is 10.0 Å². The number of aryl methyl sites for hydroxylation is 1. The van der Waals surface area contributed by atoms with Crippen LogP contribution in [0.1, 0.15) is 12.5 Å². The molecule has 1 amide bonds. The summed E-state index contributed by atoms with van der Waals surface area (Å²) >= 11 is 12.1. The Labute approximate surface area is 169 Å². The van der Waals surface area contributed by atoms with Crippen LogP contribution in [0.15, 0.2) is 36.4 Å². The van der Waals surface area contributed by atoms with Crippen molar-refractivity contribution in [3.05, 3.63) is 52.0 Å². The highest BCUT2D eigenvalue weighted by Crippen LogP contribution is 2.30. The smallest absolute Gasteiger partial charge is 0.248 e. The molecule has 1 unspecified atom stereocenters. The standard InChI is InChI=1S/C18H20Cl2N2O4S/c1-11-5-7-14(10-15(11)20)22(27(4,24)25)12(2)18(23)21-16-9-13(19)6-8-17(16)26-3/h5-10,12H,1-4H3,(H,21,23). The second-order valence-electron chi connectivity index (χ2n) is 6.00. The molecule has 0 spiro atoms. The first-order valence-electron chi connectivity index (χ1n) is 7.94. The third kappa shape index (κ3) is 5.06. The molecule has 146 valence electrons. The summed E-state index contributed by atoms with van der Waals surface area (Å²) < 4.78 is 30.9. The highest BCUT2D eigenvalue weighted by Gasteiger charge is 2.30. The van der Waals surface area contributed by atoms with Gasteiger partial charge in [0.25, 0.3) is 0 Å². The Bertz CT molecular complexity index is 964. The maximum Gasteiger partial charge on any atom is 0.248 e. The molecule has 0 aliphatic heterocycles. The van der Waals surface area contributed by atoms with Crippen molar-refractivity contribution in [3.63, 3.8) is 0 Å². The zero-order valence-corrected chi connectivity index (χ0v) is 17.6. The van der Waals surface area contributed by atoms with Gasteiger partial charge in [-0.05, 0) is 49.7 Å². The van der Waals surface area contributed by atoms with E-state index in [4.69, 9.17) is 27.9 Å². The summed E-state index contributed by atoms with van der Waals surface area (Å²) in [5.74, 6) is -0.137. The van der Waals surface area contributed by atoms with E-state index in [1.807, 2.05) is 0 Å². The van der Waals surface area contributed by atoms with Crippen LogP contribution in [0, 0.1) is 6.92 Å².